The highest BCUT2D eigenvalue weighted by Gasteiger charge is 2.22. The van der Waals surface area contributed by atoms with Crippen LogP contribution in [0, 0.1) is 11.7 Å². The third-order valence-corrected chi connectivity index (χ3v) is 4.67. The zero-order valence-corrected chi connectivity index (χ0v) is 12.7. The minimum Gasteiger partial charge on any atom is -0.381 e. The van der Waals surface area contributed by atoms with Crippen molar-refractivity contribution in [1.29, 1.82) is 0 Å². The Morgan fingerprint density at radius 2 is 1.90 bits per heavy atom. The fourth-order valence-corrected chi connectivity index (χ4v) is 3.15. The number of hydrogen-bond donors (Lipinski definition) is 1. The van der Waals surface area contributed by atoms with Crippen LogP contribution in [0.3, 0.4) is 0 Å². The van der Waals surface area contributed by atoms with Gasteiger partial charge in [-0.25, -0.2) is 4.39 Å². The maximum absolute atomic E-state index is 13.5. The molecular weight excluding hydrogens is 251 g/mol. The van der Waals surface area contributed by atoms with Gasteiger partial charge < -0.3 is 10.2 Å². The monoisotopic (exact) mass is 278 g/mol. The van der Waals surface area contributed by atoms with Crippen molar-refractivity contribution in [2.75, 3.05) is 25.5 Å². The van der Waals surface area contributed by atoms with Crippen molar-refractivity contribution in [3.63, 3.8) is 0 Å². The molecule has 0 spiro atoms. The minimum atomic E-state index is -0.168. The Kier molecular flexibility index (Phi) is 5.84. The Labute approximate surface area is 122 Å². The second-order valence-electron chi connectivity index (χ2n) is 5.97. The Balaban J connectivity index is 1.70. The molecule has 3 heteroatoms. The largest absolute Gasteiger partial charge is 0.381 e. The third-order valence-electron chi connectivity index (χ3n) is 4.67. The zero-order chi connectivity index (χ0) is 14.4. The van der Waals surface area contributed by atoms with Crippen LogP contribution in [0.1, 0.15) is 39.0 Å². The molecule has 1 saturated carbocycles. The van der Waals surface area contributed by atoms with Gasteiger partial charge in [0.1, 0.15) is 5.82 Å². The van der Waals surface area contributed by atoms with Crippen LogP contribution in [-0.4, -0.2) is 31.1 Å². The summed E-state index contributed by atoms with van der Waals surface area (Å²) in [5, 5.41) is 3.19. The van der Waals surface area contributed by atoms with E-state index in [1.807, 2.05) is 6.07 Å². The fourth-order valence-electron chi connectivity index (χ4n) is 3.15. The first kappa shape index (κ1) is 15.3. The summed E-state index contributed by atoms with van der Waals surface area (Å²) in [6, 6.07) is 7.58. The minimum absolute atomic E-state index is 0.168. The average molecular weight is 278 g/mol. The van der Waals surface area contributed by atoms with Crippen LogP contribution in [0.15, 0.2) is 24.3 Å². The second kappa shape index (κ2) is 7.63. The summed E-state index contributed by atoms with van der Waals surface area (Å²) in [5.41, 5.74) is 0.607. The van der Waals surface area contributed by atoms with E-state index in [4.69, 9.17) is 0 Å². The lowest BCUT2D eigenvalue weighted by Gasteiger charge is -2.34. The molecular formula is C17H27FN2. The van der Waals surface area contributed by atoms with Crippen LogP contribution in [0.4, 0.5) is 10.1 Å². The number of anilines is 1. The first-order valence-electron chi connectivity index (χ1n) is 7.89. The Hall–Kier alpha value is -1.09. The van der Waals surface area contributed by atoms with E-state index < -0.39 is 0 Å². The van der Waals surface area contributed by atoms with E-state index in [1.165, 1.54) is 38.2 Å². The third kappa shape index (κ3) is 4.20. The standard InChI is InChI=1S/C17H27FN2/c1-3-14-8-10-15(11-9-14)20(2)13-12-19-17-7-5-4-6-16(17)18/h4-7,14-15,19H,3,8-13H2,1-2H3. The number of rotatable bonds is 6. The van der Waals surface area contributed by atoms with Gasteiger partial charge in [0.05, 0.1) is 5.69 Å². The molecule has 0 atom stereocenters. The molecule has 1 aromatic carbocycles. The van der Waals surface area contributed by atoms with E-state index in [2.05, 4.69) is 24.2 Å². The maximum atomic E-state index is 13.5. The van der Waals surface area contributed by atoms with Gasteiger partial charge >= 0.3 is 0 Å². The van der Waals surface area contributed by atoms with E-state index in [0.29, 0.717) is 11.7 Å². The Bertz CT molecular complexity index is 400. The van der Waals surface area contributed by atoms with Crippen molar-refractivity contribution in [2.45, 2.75) is 45.1 Å². The average Bonchev–Trinajstić information content (AvgIpc) is 2.49. The molecule has 0 unspecified atom stereocenters. The van der Waals surface area contributed by atoms with Crippen LogP contribution in [-0.2, 0) is 0 Å². The molecule has 20 heavy (non-hydrogen) atoms. The number of likely N-dealkylation sites (N-methyl/N-ethyl adjacent to an activating group) is 1. The molecule has 1 aromatic rings. The van der Waals surface area contributed by atoms with Crippen molar-refractivity contribution < 1.29 is 4.39 Å². The predicted molar refractivity (Wildman–Crippen MR) is 83.6 cm³/mol. The van der Waals surface area contributed by atoms with E-state index >= 15 is 0 Å². The number of nitrogens with zero attached hydrogens (tertiary/aromatic N) is 1. The summed E-state index contributed by atoms with van der Waals surface area (Å²) in [6.07, 6.45) is 6.69. The summed E-state index contributed by atoms with van der Waals surface area (Å²) in [4.78, 5) is 2.43. The van der Waals surface area contributed by atoms with Gasteiger partial charge in [0, 0.05) is 19.1 Å². The molecule has 0 saturated heterocycles. The SMILES string of the molecule is CCC1CCC(N(C)CCNc2ccccc2F)CC1. The molecule has 1 fully saturated rings. The molecule has 1 aliphatic carbocycles. The number of halogens is 1. The van der Waals surface area contributed by atoms with Gasteiger partial charge in [-0.15, -0.1) is 0 Å². The fraction of sp³-hybridized carbons (Fsp3) is 0.647. The summed E-state index contributed by atoms with van der Waals surface area (Å²) in [5.74, 6) is 0.773. The number of nitrogens with one attached hydrogen (secondary N) is 1. The van der Waals surface area contributed by atoms with E-state index in [-0.39, 0.29) is 5.82 Å². The van der Waals surface area contributed by atoms with Gasteiger partial charge in [-0.05, 0) is 50.8 Å². The molecule has 0 heterocycles. The van der Waals surface area contributed by atoms with Crippen molar-refractivity contribution in [3.8, 4) is 0 Å². The van der Waals surface area contributed by atoms with Crippen LogP contribution >= 0.6 is 0 Å². The molecule has 0 radical (unpaired) electrons. The Morgan fingerprint density at radius 1 is 1.20 bits per heavy atom. The van der Waals surface area contributed by atoms with Crippen molar-refractivity contribution in [3.05, 3.63) is 30.1 Å². The van der Waals surface area contributed by atoms with Gasteiger partial charge in [-0.2, -0.15) is 0 Å². The summed E-state index contributed by atoms with van der Waals surface area (Å²) in [7, 11) is 2.19. The van der Waals surface area contributed by atoms with E-state index in [1.54, 1.807) is 12.1 Å². The lowest BCUT2D eigenvalue weighted by Crippen LogP contribution is -2.37. The lowest BCUT2D eigenvalue weighted by atomic mass is 9.84. The van der Waals surface area contributed by atoms with Crippen LogP contribution < -0.4 is 5.32 Å². The first-order valence-corrected chi connectivity index (χ1v) is 7.89. The van der Waals surface area contributed by atoms with Gasteiger partial charge in [0.15, 0.2) is 0 Å². The molecule has 0 bridgehead atoms. The highest BCUT2D eigenvalue weighted by Crippen LogP contribution is 2.28. The predicted octanol–water partition coefficient (Wildman–Crippen LogP) is 4.14. The van der Waals surface area contributed by atoms with Crippen LogP contribution in [0.5, 0.6) is 0 Å². The zero-order valence-electron chi connectivity index (χ0n) is 12.7. The van der Waals surface area contributed by atoms with Crippen LogP contribution in [0.2, 0.25) is 0 Å². The normalized spacial score (nSPS) is 23.0. The Morgan fingerprint density at radius 3 is 2.55 bits per heavy atom. The van der Waals surface area contributed by atoms with Crippen molar-refractivity contribution >= 4 is 5.69 Å². The molecule has 112 valence electrons. The highest BCUT2D eigenvalue weighted by molar-refractivity contribution is 5.44. The summed E-state index contributed by atoms with van der Waals surface area (Å²) >= 11 is 0. The van der Waals surface area contributed by atoms with Crippen molar-refractivity contribution in [1.82, 2.24) is 4.90 Å². The molecule has 0 aliphatic heterocycles. The van der Waals surface area contributed by atoms with E-state index in [9.17, 15) is 4.39 Å². The van der Waals surface area contributed by atoms with Crippen molar-refractivity contribution in [2.24, 2.45) is 5.92 Å². The van der Waals surface area contributed by atoms with E-state index in [0.717, 1.165) is 19.0 Å². The number of para-hydroxylation sites is 1. The molecule has 0 aromatic heterocycles. The quantitative estimate of drug-likeness (QED) is 0.841. The molecule has 0 amide bonds. The van der Waals surface area contributed by atoms with Gasteiger partial charge in [-0.3, -0.25) is 0 Å². The second-order valence-corrected chi connectivity index (χ2v) is 5.97. The number of benzene rings is 1. The molecule has 2 rings (SSSR count). The van der Waals surface area contributed by atoms with Gasteiger partial charge in [-0.1, -0.05) is 25.5 Å². The van der Waals surface area contributed by atoms with Gasteiger partial charge in [0.2, 0.25) is 0 Å². The molecule has 2 nitrogen and oxygen atoms in total. The number of hydrogen-bond acceptors (Lipinski definition) is 2. The molecule has 1 aliphatic rings. The van der Waals surface area contributed by atoms with Crippen LogP contribution in [0.25, 0.3) is 0 Å². The first-order chi connectivity index (χ1) is 9.70. The highest BCUT2D eigenvalue weighted by atomic mass is 19.1. The van der Waals surface area contributed by atoms with Gasteiger partial charge in [0.25, 0.3) is 0 Å². The molecule has 1 N–H and O–H groups in total. The maximum Gasteiger partial charge on any atom is 0.146 e. The lowest BCUT2D eigenvalue weighted by molar-refractivity contribution is 0.168. The smallest absolute Gasteiger partial charge is 0.146 e. The topological polar surface area (TPSA) is 15.3 Å². The summed E-state index contributed by atoms with van der Waals surface area (Å²) < 4.78 is 13.5. The summed E-state index contributed by atoms with van der Waals surface area (Å²) in [6.45, 7) is 4.06.